The zero-order chi connectivity index (χ0) is 15.8. The van der Waals surface area contributed by atoms with E-state index in [1.165, 1.54) is 17.0 Å². The van der Waals surface area contributed by atoms with E-state index in [0.29, 0.717) is 5.56 Å². The van der Waals surface area contributed by atoms with Crippen LogP contribution >= 0.6 is 0 Å². The summed E-state index contributed by atoms with van der Waals surface area (Å²) in [7, 11) is 0. The molecule has 116 valence electrons. The molecule has 0 unspecified atom stereocenters. The zero-order valence-electron chi connectivity index (χ0n) is 11.4. The minimum absolute atomic E-state index is 0.0374. The molecule has 1 aliphatic heterocycles. The summed E-state index contributed by atoms with van der Waals surface area (Å²) in [4.78, 5) is 13.4. The molecule has 21 heavy (non-hydrogen) atoms. The average Bonchev–Trinajstić information content (AvgIpc) is 2.41. The Morgan fingerprint density at radius 1 is 1.29 bits per heavy atom. The van der Waals surface area contributed by atoms with E-state index in [1.807, 2.05) is 0 Å². The molecule has 0 bridgehead atoms. The third-order valence-corrected chi connectivity index (χ3v) is 3.86. The molecule has 0 atom stereocenters. The summed E-state index contributed by atoms with van der Waals surface area (Å²) in [6.45, 7) is 1.32. The van der Waals surface area contributed by atoms with Crippen LogP contribution < -0.4 is 0 Å². The highest BCUT2D eigenvalue weighted by Gasteiger charge is 2.54. The van der Waals surface area contributed by atoms with Gasteiger partial charge in [-0.2, -0.15) is 13.2 Å². The lowest BCUT2D eigenvalue weighted by atomic mass is 9.90. The number of hydrogen-bond donors (Lipinski definition) is 2. The van der Waals surface area contributed by atoms with Crippen LogP contribution in [-0.2, 0) is 0 Å². The lowest BCUT2D eigenvalue weighted by Crippen LogP contribution is -2.54. The summed E-state index contributed by atoms with van der Waals surface area (Å²) in [5.74, 6) is -0.487. The summed E-state index contributed by atoms with van der Waals surface area (Å²) >= 11 is 0. The third-order valence-electron chi connectivity index (χ3n) is 3.86. The van der Waals surface area contributed by atoms with Crippen molar-refractivity contribution in [2.24, 2.45) is 0 Å². The molecule has 1 amide bonds. The van der Waals surface area contributed by atoms with E-state index >= 15 is 0 Å². The number of phenolic OH excluding ortho intramolecular Hbond substituents is 1. The maximum atomic E-state index is 12.7. The van der Waals surface area contributed by atoms with Crippen molar-refractivity contribution in [1.82, 2.24) is 4.90 Å². The minimum atomic E-state index is -4.69. The number of likely N-dealkylation sites (tertiary alicyclic amines) is 1. The van der Waals surface area contributed by atoms with E-state index in [9.17, 15) is 28.2 Å². The Labute approximate surface area is 119 Å². The molecule has 1 heterocycles. The monoisotopic (exact) mass is 303 g/mol. The molecule has 1 saturated heterocycles. The number of carbonyl (C=O) groups excluding carboxylic acids is 1. The van der Waals surface area contributed by atoms with Gasteiger partial charge in [-0.25, -0.2) is 0 Å². The van der Waals surface area contributed by atoms with Crippen LogP contribution in [0, 0.1) is 6.92 Å². The standard InChI is InChI=1S/C14H16F3NO3/c1-9-2-3-10(8-11(9)19)12(20)18-6-4-13(21,5-7-18)14(15,16)17/h2-3,8,19,21H,4-7H2,1H3. The van der Waals surface area contributed by atoms with Crippen molar-refractivity contribution in [2.75, 3.05) is 13.1 Å². The second-order valence-electron chi connectivity index (χ2n) is 5.32. The van der Waals surface area contributed by atoms with Crippen molar-refractivity contribution in [2.45, 2.75) is 31.5 Å². The van der Waals surface area contributed by atoms with Crippen LogP contribution in [0.1, 0.15) is 28.8 Å². The lowest BCUT2D eigenvalue weighted by molar-refractivity contribution is -0.271. The molecular formula is C14H16F3NO3. The maximum Gasteiger partial charge on any atom is 0.417 e. The maximum absolute atomic E-state index is 12.7. The highest BCUT2D eigenvalue weighted by Crippen LogP contribution is 2.38. The second kappa shape index (κ2) is 5.22. The molecule has 7 heteroatoms. The number of aliphatic hydroxyl groups is 1. The Hall–Kier alpha value is -1.76. The number of alkyl halides is 3. The van der Waals surface area contributed by atoms with Crippen molar-refractivity contribution >= 4 is 5.91 Å². The van der Waals surface area contributed by atoms with Crippen LogP contribution in [0.15, 0.2) is 18.2 Å². The van der Waals surface area contributed by atoms with Crippen molar-refractivity contribution < 1.29 is 28.2 Å². The smallest absolute Gasteiger partial charge is 0.417 e. The fourth-order valence-electron chi connectivity index (χ4n) is 2.29. The quantitative estimate of drug-likeness (QED) is 0.836. The Bertz CT molecular complexity index is 549. The van der Waals surface area contributed by atoms with Gasteiger partial charge in [0.25, 0.3) is 5.91 Å². The Balaban J connectivity index is 2.08. The van der Waals surface area contributed by atoms with Gasteiger partial charge in [0.05, 0.1) is 0 Å². The average molecular weight is 303 g/mol. The van der Waals surface area contributed by atoms with Gasteiger partial charge in [0, 0.05) is 31.5 Å². The van der Waals surface area contributed by atoms with Gasteiger partial charge in [-0.15, -0.1) is 0 Å². The van der Waals surface area contributed by atoms with Crippen LogP contribution in [0.3, 0.4) is 0 Å². The molecule has 2 N–H and O–H groups in total. The molecule has 1 fully saturated rings. The molecule has 1 aliphatic rings. The van der Waals surface area contributed by atoms with Crippen LogP contribution in [0.4, 0.5) is 13.2 Å². The number of aromatic hydroxyl groups is 1. The first-order chi connectivity index (χ1) is 9.64. The summed E-state index contributed by atoms with van der Waals surface area (Å²) < 4.78 is 38.1. The summed E-state index contributed by atoms with van der Waals surface area (Å²) in [5.41, 5.74) is -1.90. The molecular weight excluding hydrogens is 287 g/mol. The SMILES string of the molecule is Cc1ccc(C(=O)N2CCC(O)(C(F)(F)F)CC2)cc1O. The number of piperidine rings is 1. The fraction of sp³-hybridized carbons (Fsp3) is 0.500. The molecule has 1 aromatic rings. The summed E-state index contributed by atoms with van der Waals surface area (Å²) in [5, 5.41) is 19.1. The topological polar surface area (TPSA) is 60.8 Å². The molecule has 1 aromatic carbocycles. The third kappa shape index (κ3) is 2.97. The van der Waals surface area contributed by atoms with Crippen LogP contribution in [0.5, 0.6) is 5.75 Å². The van der Waals surface area contributed by atoms with E-state index in [-0.39, 0.29) is 24.4 Å². The van der Waals surface area contributed by atoms with Crippen molar-refractivity contribution in [3.05, 3.63) is 29.3 Å². The first kappa shape index (κ1) is 15.6. The van der Waals surface area contributed by atoms with Gasteiger partial charge in [-0.3, -0.25) is 4.79 Å². The number of phenols is 1. The fourth-order valence-corrected chi connectivity index (χ4v) is 2.29. The number of rotatable bonds is 1. The predicted molar refractivity (Wildman–Crippen MR) is 69.0 cm³/mol. The van der Waals surface area contributed by atoms with Crippen molar-refractivity contribution in [1.29, 1.82) is 0 Å². The number of hydrogen-bond acceptors (Lipinski definition) is 3. The van der Waals surface area contributed by atoms with Crippen LogP contribution in [-0.4, -0.2) is 45.9 Å². The van der Waals surface area contributed by atoms with Gasteiger partial charge in [-0.1, -0.05) is 6.07 Å². The Kier molecular flexibility index (Phi) is 3.88. The van der Waals surface area contributed by atoms with E-state index < -0.39 is 30.5 Å². The second-order valence-corrected chi connectivity index (χ2v) is 5.32. The molecule has 4 nitrogen and oxygen atoms in total. The number of carbonyl (C=O) groups is 1. The first-order valence-electron chi connectivity index (χ1n) is 6.52. The van der Waals surface area contributed by atoms with Gasteiger partial charge < -0.3 is 15.1 Å². The molecule has 0 aliphatic carbocycles. The number of amides is 1. The molecule has 0 spiro atoms. The predicted octanol–water partition coefficient (Wildman–Crippen LogP) is 2.23. The van der Waals surface area contributed by atoms with Crippen LogP contribution in [0.2, 0.25) is 0 Å². The number of aryl methyl sites for hydroxylation is 1. The molecule has 0 aromatic heterocycles. The Morgan fingerprint density at radius 2 is 1.86 bits per heavy atom. The van der Waals surface area contributed by atoms with E-state index in [0.717, 1.165) is 0 Å². The molecule has 2 rings (SSSR count). The zero-order valence-corrected chi connectivity index (χ0v) is 11.4. The highest BCUT2D eigenvalue weighted by molar-refractivity contribution is 5.94. The molecule has 0 radical (unpaired) electrons. The summed E-state index contributed by atoms with van der Waals surface area (Å²) in [6, 6.07) is 4.38. The minimum Gasteiger partial charge on any atom is -0.508 e. The summed E-state index contributed by atoms with van der Waals surface area (Å²) in [6.07, 6.45) is -5.77. The number of benzene rings is 1. The first-order valence-corrected chi connectivity index (χ1v) is 6.52. The number of halogens is 3. The Morgan fingerprint density at radius 3 is 2.33 bits per heavy atom. The van der Waals surface area contributed by atoms with Crippen LogP contribution in [0.25, 0.3) is 0 Å². The van der Waals surface area contributed by atoms with Gasteiger partial charge in [0.15, 0.2) is 5.60 Å². The number of nitrogens with zero attached hydrogens (tertiary/aromatic N) is 1. The van der Waals surface area contributed by atoms with Gasteiger partial charge in [-0.05, 0) is 24.6 Å². The van der Waals surface area contributed by atoms with Gasteiger partial charge in [0.1, 0.15) is 5.75 Å². The lowest BCUT2D eigenvalue weighted by Gasteiger charge is -2.39. The van der Waals surface area contributed by atoms with E-state index in [2.05, 4.69) is 0 Å². The molecule has 0 saturated carbocycles. The van der Waals surface area contributed by atoms with Crippen molar-refractivity contribution in [3.8, 4) is 5.75 Å². The van der Waals surface area contributed by atoms with E-state index in [1.54, 1.807) is 13.0 Å². The van der Waals surface area contributed by atoms with E-state index in [4.69, 9.17) is 0 Å². The normalized spacial score (nSPS) is 18.6. The van der Waals surface area contributed by atoms with Gasteiger partial charge >= 0.3 is 6.18 Å². The van der Waals surface area contributed by atoms with Gasteiger partial charge in [0.2, 0.25) is 0 Å². The highest BCUT2D eigenvalue weighted by atomic mass is 19.4. The largest absolute Gasteiger partial charge is 0.508 e. The van der Waals surface area contributed by atoms with Crippen molar-refractivity contribution in [3.63, 3.8) is 0 Å².